The lowest BCUT2D eigenvalue weighted by atomic mass is 9.83. The van der Waals surface area contributed by atoms with Crippen molar-refractivity contribution in [1.82, 2.24) is 0 Å². The van der Waals surface area contributed by atoms with Gasteiger partial charge in [0.2, 0.25) is 0 Å². The van der Waals surface area contributed by atoms with Gasteiger partial charge in [0.25, 0.3) is 10.0 Å². The Balaban J connectivity index is 1.65. The number of carbonyl (C=O) groups excluding carboxylic acids is 1. The van der Waals surface area contributed by atoms with Crippen molar-refractivity contribution in [3.63, 3.8) is 0 Å². The van der Waals surface area contributed by atoms with Crippen molar-refractivity contribution >= 4 is 27.2 Å². The number of hydrogen-bond donors (Lipinski definition) is 1. The SMILES string of the molecule is Cc1ccc(NS(=O)(=O)c2cccc(C(=O)/C=C3\N(C)c4ccccc4C3(C)C)c2)c(C)c1. The minimum atomic E-state index is -3.84. The predicted molar refractivity (Wildman–Crippen MR) is 133 cm³/mol. The number of allylic oxidation sites excluding steroid dienone is 2. The molecule has 4 rings (SSSR count). The number of benzene rings is 3. The molecule has 6 heteroatoms. The van der Waals surface area contributed by atoms with Gasteiger partial charge in [-0.3, -0.25) is 9.52 Å². The summed E-state index contributed by atoms with van der Waals surface area (Å²) in [5, 5.41) is 0. The standard InChI is InChI=1S/C27H28N2O3S/c1-18-13-14-23(19(2)15-18)28-33(31,32)21-10-8-9-20(16-21)25(30)17-26-27(3,4)22-11-6-7-12-24(22)29(26)5/h6-17,28H,1-5H3/b26-17-. The molecule has 1 aliphatic heterocycles. The maximum atomic E-state index is 13.2. The smallest absolute Gasteiger partial charge is 0.261 e. The first kappa shape index (κ1) is 22.8. The van der Waals surface area contributed by atoms with E-state index >= 15 is 0 Å². The fourth-order valence-electron chi connectivity index (χ4n) is 4.41. The molecule has 0 spiro atoms. The van der Waals surface area contributed by atoms with E-state index in [0.29, 0.717) is 11.3 Å². The largest absolute Gasteiger partial charge is 0.347 e. The monoisotopic (exact) mass is 460 g/mol. The van der Waals surface area contributed by atoms with Crippen LogP contribution in [0.15, 0.2) is 83.4 Å². The van der Waals surface area contributed by atoms with E-state index in [-0.39, 0.29) is 16.1 Å². The van der Waals surface area contributed by atoms with Crippen LogP contribution in [0.4, 0.5) is 11.4 Å². The average molecular weight is 461 g/mol. The first-order chi connectivity index (χ1) is 15.5. The summed E-state index contributed by atoms with van der Waals surface area (Å²) < 4.78 is 28.7. The number of nitrogens with one attached hydrogen (secondary N) is 1. The summed E-state index contributed by atoms with van der Waals surface area (Å²) in [5.74, 6) is -0.235. The maximum absolute atomic E-state index is 13.2. The lowest BCUT2D eigenvalue weighted by Gasteiger charge is -2.24. The van der Waals surface area contributed by atoms with E-state index in [1.807, 2.05) is 56.1 Å². The zero-order valence-electron chi connectivity index (χ0n) is 19.5. The van der Waals surface area contributed by atoms with E-state index < -0.39 is 10.0 Å². The van der Waals surface area contributed by atoms with Gasteiger partial charge in [-0.1, -0.05) is 61.9 Å². The van der Waals surface area contributed by atoms with Crippen LogP contribution < -0.4 is 9.62 Å². The Kier molecular flexibility index (Phi) is 5.66. The normalized spacial score (nSPS) is 16.0. The number of rotatable bonds is 5. The molecule has 0 saturated carbocycles. The molecule has 0 amide bonds. The zero-order chi connectivity index (χ0) is 24.0. The summed E-state index contributed by atoms with van der Waals surface area (Å²) in [6.45, 7) is 7.98. The van der Waals surface area contributed by atoms with Crippen LogP contribution in [0.25, 0.3) is 0 Å². The van der Waals surface area contributed by atoms with Crippen molar-refractivity contribution in [2.24, 2.45) is 0 Å². The number of para-hydroxylation sites is 1. The van der Waals surface area contributed by atoms with Crippen LogP contribution >= 0.6 is 0 Å². The van der Waals surface area contributed by atoms with E-state index in [1.165, 1.54) is 12.1 Å². The third kappa shape index (κ3) is 4.18. The number of anilines is 2. The summed E-state index contributed by atoms with van der Waals surface area (Å²) in [6.07, 6.45) is 1.61. The Morgan fingerprint density at radius 2 is 1.70 bits per heavy atom. The average Bonchev–Trinajstić information content (AvgIpc) is 2.96. The minimum Gasteiger partial charge on any atom is -0.347 e. The van der Waals surface area contributed by atoms with Crippen molar-refractivity contribution in [2.75, 3.05) is 16.7 Å². The Morgan fingerprint density at radius 3 is 2.39 bits per heavy atom. The number of carbonyl (C=O) groups is 1. The van der Waals surface area contributed by atoms with Crippen LogP contribution in [0.2, 0.25) is 0 Å². The Labute approximate surface area is 195 Å². The highest BCUT2D eigenvalue weighted by Gasteiger charge is 2.38. The van der Waals surface area contributed by atoms with Crippen LogP contribution in [0, 0.1) is 13.8 Å². The van der Waals surface area contributed by atoms with E-state index in [0.717, 1.165) is 28.1 Å². The van der Waals surface area contributed by atoms with Gasteiger partial charge in [0.1, 0.15) is 0 Å². The number of sulfonamides is 1. The van der Waals surface area contributed by atoms with Gasteiger partial charge in [0.05, 0.1) is 10.6 Å². The predicted octanol–water partition coefficient (Wildman–Crippen LogP) is 5.60. The number of fused-ring (bicyclic) bond motifs is 1. The van der Waals surface area contributed by atoms with Crippen molar-refractivity contribution in [1.29, 1.82) is 0 Å². The van der Waals surface area contributed by atoms with Gasteiger partial charge in [0.15, 0.2) is 5.78 Å². The number of ketones is 1. The van der Waals surface area contributed by atoms with Crippen LogP contribution in [-0.2, 0) is 15.4 Å². The third-order valence-electron chi connectivity index (χ3n) is 6.26. The summed E-state index contributed by atoms with van der Waals surface area (Å²) in [4.78, 5) is 15.3. The minimum absolute atomic E-state index is 0.0500. The summed E-state index contributed by atoms with van der Waals surface area (Å²) in [5.41, 5.74) is 5.48. The molecule has 0 saturated heterocycles. The molecule has 0 fully saturated rings. The number of aryl methyl sites for hydroxylation is 2. The molecular formula is C27H28N2O3S. The Morgan fingerprint density at radius 1 is 0.970 bits per heavy atom. The van der Waals surface area contributed by atoms with E-state index in [2.05, 4.69) is 24.6 Å². The molecule has 5 nitrogen and oxygen atoms in total. The first-order valence-corrected chi connectivity index (χ1v) is 12.3. The molecule has 0 radical (unpaired) electrons. The van der Waals surface area contributed by atoms with Gasteiger partial charge in [-0.15, -0.1) is 0 Å². The molecule has 0 unspecified atom stereocenters. The Bertz CT molecular complexity index is 1390. The van der Waals surface area contributed by atoms with Crippen molar-refractivity contribution in [2.45, 2.75) is 38.0 Å². The van der Waals surface area contributed by atoms with E-state index in [4.69, 9.17) is 0 Å². The third-order valence-corrected chi connectivity index (χ3v) is 7.63. The lowest BCUT2D eigenvalue weighted by Crippen LogP contribution is -2.24. The lowest BCUT2D eigenvalue weighted by molar-refractivity contribution is 0.104. The highest BCUT2D eigenvalue weighted by molar-refractivity contribution is 7.92. The van der Waals surface area contributed by atoms with Crippen LogP contribution in [-0.4, -0.2) is 21.2 Å². The second-order valence-electron chi connectivity index (χ2n) is 9.05. The highest BCUT2D eigenvalue weighted by Crippen LogP contribution is 2.46. The number of likely N-dealkylation sites (N-methyl/N-ethyl adjacent to an activating group) is 1. The molecule has 1 aliphatic rings. The second kappa shape index (κ2) is 8.19. The van der Waals surface area contributed by atoms with Gasteiger partial charge in [0, 0.05) is 35.5 Å². The Hall–Kier alpha value is -3.38. The molecule has 1 heterocycles. The molecular weight excluding hydrogens is 432 g/mol. The fourth-order valence-corrected chi connectivity index (χ4v) is 5.59. The van der Waals surface area contributed by atoms with Crippen molar-refractivity contribution in [3.05, 3.63) is 101 Å². The summed E-state index contributed by atoms with van der Waals surface area (Å²) in [6, 6.07) is 19.8. The molecule has 3 aromatic rings. The van der Waals surface area contributed by atoms with Crippen LogP contribution in [0.1, 0.15) is 40.9 Å². The van der Waals surface area contributed by atoms with Gasteiger partial charge >= 0.3 is 0 Å². The quantitative estimate of drug-likeness (QED) is 0.398. The van der Waals surface area contributed by atoms with Gasteiger partial charge in [-0.05, 0) is 49.2 Å². The molecule has 170 valence electrons. The highest BCUT2D eigenvalue weighted by atomic mass is 32.2. The summed E-state index contributed by atoms with van der Waals surface area (Å²) in [7, 11) is -1.90. The number of hydrogen-bond acceptors (Lipinski definition) is 4. The molecule has 0 aromatic heterocycles. The molecule has 0 atom stereocenters. The van der Waals surface area contributed by atoms with Gasteiger partial charge in [-0.2, -0.15) is 0 Å². The van der Waals surface area contributed by atoms with Gasteiger partial charge in [-0.25, -0.2) is 8.42 Å². The molecule has 0 bridgehead atoms. The van der Waals surface area contributed by atoms with Crippen molar-refractivity contribution in [3.8, 4) is 0 Å². The molecule has 1 N–H and O–H groups in total. The molecule has 0 aliphatic carbocycles. The van der Waals surface area contributed by atoms with Crippen LogP contribution in [0.5, 0.6) is 0 Å². The fraction of sp³-hybridized carbons (Fsp3) is 0.222. The van der Waals surface area contributed by atoms with Gasteiger partial charge < -0.3 is 4.90 Å². The second-order valence-corrected chi connectivity index (χ2v) is 10.7. The van der Waals surface area contributed by atoms with E-state index in [9.17, 15) is 13.2 Å². The molecule has 3 aromatic carbocycles. The topological polar surface area (TPSA) is 66.5 Å². The molecule has 33 heavy (non-hydrogen) atoms. The number of nitrogens with zero attached hydrogens (tertiary/aromatic N) is 1. The first-order valence-electron chi connectivity index (χ1n) is 10.8. The zero-order valence-corrected chi connectivity index (χ0v) is 20.3. The van der Waals surface area contributed by atoms with E-state index in [1.54, 1.807) is 24.3 Å². The van der Waals surface area contributed by atoms with Crippen molar-refractivity contribution < 1.29 is 13.2 Å². The summed E-state index contributed by atoms with van der Waals surface area (Å²) >= 11 is 0. The van der Waals surface area contributed by atoms with Crippen LogP contribution in [0.3, 0.4) is 0 Å². The maximum Gasteiger partial charge on any atom is 0.261 e.